The quantitative estimate of drug-likeness (QED) is 0.379. The summed E-state index contributed by atoms with van der Waals surface area (Å²) in [4.78, 5) is 0. The van der Waals surface area contributed by atoms with Crippen LogP contribution in [0, 0.1) is 9.49 Å². The third kappa shape index (κ3) is 3.66. The third-order valence-electron chi connectivity index (χ3n) is 3.78. The van der Waals surface area contributed by atoms with E-state index in [9.17, 15) is 0 Å². The van der Waals surface area contributed by atoms with Crippen LogP contribution in [0.25, 0.3) is 0 Å². The summed E-state index contributed by atoms with van der Waals surface area (Å²) in [7, 11) is 0. The summed E-state index contributed by atoms with van der Waals surface area (Å²) in [5.41, 5.74) is 4.37. The largest absolute Gasteiger partial charge is 0.271 e. The molecule has 0 aliphatic heterocycles. The van der Waals surface area contributed by atoms with Gasteiger partial charge in [-0.2, -0.15) is 0 Å². The highest BCUT2D eigenvalue weighted by Gasteiger charge is 2.22. The average molecular weight is 344 g/mol. The Balaban J connectivity index is 2.11. The molecule has 17 heavy (non-hydrogen) atoms. The molecule has 1 aromatic rings. The van der Waals surface area contributed by atoms with E-state index < -0.39 is 0 Å². The fourth-order valence-electron chi connectivity index (χ4n) is 2.82. The predicted molar refractivity (Wildman–Crippen MR) is 80.4 cm³/mol. The highest BCUT2D eigenvalue weighted by Crippen LogP contribution is 2.33. The van der Waals surface area contributed by atoms with E-state index in [1.54, 1.807) is 0 Å². The van der Waals surface area contributed by atoms with Gasteiger partial charge < -0.3 is 0 Å². The highest BCUT2D eigenvalue weighted by atomic mass is 127. The maximum Gasteiger partial charge on any atom is 0.0488 e. The molecule has 1 aliphatic rings. The Morgan fingerprint density at radius 3 is 2.18 bits per heavy atom. The standard InChI is InChI=1S/C14H21IN2/c15-13-9-7-12(8-10-13)14(17-16)11-5-3-1-2-4-6-11/h7-11,14,17H,1-6,16H2. The molecule has 3 heteroatoms. The van der Waals surface area contributed by atoms with Crippen molar-refractivity contribution in [1.29, 1.82) is 0 Å². The second kappa shape index (κ2) is 6.71. The van der Waals surface area contributed by atoms with Gasteiger partial charge in [-0.3, -0.25) is 11.3 Å². The van der Waals surface area contributed by atoms with Crippen molar-refractivity contribution in [1.82, 2.24) is 5.43 Å². The van der Waals surface area contributed by atoms with Gasteiger partial charge in [0.25, 0.3) is 0 Å². The first-order valence-corrected chi connectivity index (χ1v) is 7.60. The zero-order valence-corrected chi connectivity index (χ0v) is 12.3. The fourth-order valence-corrected chi connectivity index (χ4v) is 3.18. The average Bonchev–Trinajstić information content (AvgIpc) is 2.62. The van der Waals surface area contributed by atoms with Gasteiger partial charge in [0.2, 0.25) is 0 Å². The van der Waals surface area contributed by atoms with Gasteiger partial charge in [0, 0.05) is 9.61 Å². The Morgan fingerprint density at radius 2 is 1.65 bits per heavy atom. The van der Waals surface area contributed by atoms with E-state index in [1.165, 1.54) is 47.7 Å². The van der Waals surface area contributed by atoms with Crippen molar-refractivity contribution in [2.75, 3.05) is 0 Å². The molecule has 1 aromatic carbocycles. The molecule has 0 radical (unpaired) electrons. The lowest BCUT2D eigenvalue weighted by Crippen LogP contribution is -2.33. The molecule has 1 fully saturated rings. The summed E-state index contributed by atoms with van der Waals surface area (Å²) < 4.78 is 1.28. The topological polar surface area (TPSA) is 38.0 Å². The molecule has 0 saturated heterocycles. The normalized spacial score (nSPS) is 19.9. The molecule has 2 nitrogen and oxygen atoms in total. The smallest absolute Gasteiger partial charge is 0.0488 e. The summed E-state index contributed by atoms with van der Waals surface area (Å²) in [6.45, 7) is 0. The number of halogens is 1. The first kappa shape index (κ1) is 13.3. The summed E-state index contributed by atoms with van der Waals surface area (Å²) in [6.07, 6.45) is 8.10. The Morgan fingerprint density at radius 1 is 1.06 bits per heavy atom. The molecule has 0 aromatic heterocycles. The molecule has 1 aliphatic carbocycles. The van der Waals surface area contributed by atoms with Crippen molar-refractivity contribution in [2.24, 2.45) is 11.8 Å². The zero-order valence-electron chi connectivity index (χ0n) is 10.2. The predicted octanol–water partition coefficient (Wildman–Crippen LogP) is 3.77. The van der Waals surface area contributed by atoms with Crippen molar-refractivity contribution in [3.05, 3.63) is 33.4 Å². The van der Waals surface area contributed by atoms with Crippen molar-refractivity contribution >= 4 is 22.6 Å². The van der Waals surface area contributed by atoms with Gasteiger partial charge in [0.1, 0.15) is 0 Å². The van der Waals surface area contributed by atoms with Crippen molar-refractivity contribution in [3.63, 3.8) is 0 Å². The van der Waals surface area contributed by atoms with Crippen LogP contribution in [0.5, 0.6) is 0 Å². The number of rotatable bonds is 3. The summed E-state index contributed by atoms with van der Waals surface area (Å²) >= 11 is 2.34. The SMILES string of the molecule is NNC(c1ccc(I)cc1)C1CCCCCC1. The maximum atomic E-state index is 5.77. The second-order valence-electron chi connectivity index (χ2n) is 4.95. The van der Waals surface area contributed by atoms with Crippen molar-refractivity contribution in [3.8, 4) is 0 Å². The van der Waals surface area contributed by atoms with E-state index in [-0.39, 0.29) is 0 Å². The number of hydrazine groups is 1. The van der Waals surface area contributed by atoms with Crippen molar-refractivity contribution < 1.29 is 0 Å². The molecule has 0 spiro atoms. The molecule has 1 unspecified atom stereocenters. The van der Waals surface area contributed by atoms with Crippen LogP contribution in [-0.4, -0.2) is 0 Å². The van der Waals surface area contributed by atoms with E-state index in [0.717, 1.165) is 0 Å². The van der Waals surface area contributed by atoms with Gasteiger partial charge in [-0.15, -0.1) is 0 Å². The molecule has 0 bridgehead atoms. The molecule has 2 rings (SSSR count). The first-order chi connectivity index (χ1) is 8.31. The Bertz CT molecular complexity index is 329. The highest BCUT2D eigenvalue weighted by molar-refractivity contribution is 14.1. The van der Waals surface area contributed by atoms with Crippen LogP contribution in [0.3, 0.4) is 0 Å². The molecule has 1 atom stereocenters. The lowest BCUT2D eigenvalue weighted by atomic mass is 9.88. The Hall–Kier alpha value is -0.130. The van der Waals surface area contributed by atoms with Gasteiger partial charge in [-0.1, -0.05) is 37.8 Å². The summed E-state index contributed by atoms with van der Waals surface area (Å²) in [6, 6.07) is 9.06. The van der Waals surface area contributed by atoms with Crippen molar-refractivity contribution in [2.45, 2.75) is 44.6 Å². The van der Waals surface area contributed by atoms with Crippen LogP contribution in [0.2, 0.25) is 0 Å². The van der Waals surface area contributed by atoms with Crippen LogP contribution in [0.1, 0.15) is 50.1 Å². The molecule has 94 valence electrons. The van der Waals surface area contributed by atoms with Crippen LogP contribution < -0.4 is 11.3 Å². The second-order valence-corrected chi connectivity index (χ2v) is 6.19. The van der Waals surface area contributed by atoms with Crippen LogP contribution in [-0.2, 0) is 0 Å². The molecular formula is C14H21IN2. The van der Waals surface area contributed by atoms with Gasteiger partial charge >= 0.3 is 0 Å². The first-order valence-electron chi connectivity index (χ1n) is 6.53. The summed E-state index contributed by atoms with van der Waals surface area (Å²) in [5.74, 6) is 6.47. The van der Waals surface area contributed by atoms with Crippen LogP contribution >= 0.6 is 22.6 Å². The van der Waals surface area contributed by atoms with Crippen LogP contribution in [0.4, 0.5) is 0 Å². The Kier molecular flexibility index (Phi) is 5.25. The molecule has 1 saturated carbocycles. The molecule has 3 N–H and O–H groups in total. The molecule has 0 amide bonds. The minimum atomic E-state index is 0.324. The van der Waals surface area contributed by atoms with E-state index in [1.807, 2.05) is 0 Å². The minimum absolute atomic E-state index is 0.324. The lowest BCUT2D eigenvalue weighted by molar-refractivity contribution is 0.329. The van der Waals surface area contributed by atoms with Gasteiger partial charge in [-0.25, -0.2) is 0 Å². The van der Waals surface area contributed by atoms with E-state index >= 15 is 0 Å². The fraction of sp³-hybridized carbons (Fsp3) is 0.571. The van der Waals surface area contributed by atoms with E-state index in [2.05, 4.69) is 52.3 Å². The number of nitrogens with one attached hydrogen (secondary N) is 1. The lowest BCUT2D eigenvalue weighted by Gasteiger charge is -2.26. The summed E-state index contributed by atoms with van der Waals surface area (Å²) in [5, 5.41) is 0. The monoisotopic (exact) mass is 344 g/mol. The van der Waals surface area contributed by atoms with Crippen LogP contribution in [0.15, 0.2) is 24.3 Å². The van der Waals surface area contributed by atoms with Gasteiger partial charge in [0.15, 0.2) is 0 Å². The van der Waals surface area contributed by atoms with E-state index in [0.29, 0.717) is 12.0 Å². The number of benzene rings is 1. The number of hydrogen-bond donors (Lipinski definition) is 2. The minimum Gasteiger partial charge on any atom is -0.271 e. The molecular weight excluding hydrogens is 323 g/mol. The maximum absolute atomic E-state index is 5.77. The van der Waals surface area contributed by atoms with E-state index in [4.69, 9.17) is 5.84 Å². The zero-order chi connectivity index (χ0) is 12.1. The third-order valence-corrected chi connectivity index (χ3v) is 4.50. The van der Waals surface area contributed by atoms with Gasteiger partial charge in [0.05, 0.1) is 0 Å². The number of hydrogen-bond acceptors (Lipinski definition) is 2. The van der Waals surface area contributed by atoms with Gasteiger partial charge in [-0.05, 0) is 59.0 Å². The number of nitrogens with two attached hydrogens (primary N) is 1. The Labute approximate surface area is 117 Å². The molecule has 0 heterocycles.